The number of rotatable bonds is 6. The van der Waals surface area contributed by atoms with E-state index in [0.29, 0.717) is 28.8 Å². The first-order valence-electron chi connectivity index (χ1n) is 8.25. The second-order valence-corrected chi connectivity index (χ2v) is 6.51. The van der Waals surface area contributed by atoms with Gasteiger partial charge in [-0.1, -0.05) is 29.8 Å². The maximum atomic E-state index is 12.5. The molecule has 3 aromatic rings. The Hall–Kier alpha value is -2.86. The Balaban J connectivity index is 1.75. The Morgan fingerprint density at radius 3 is 2.62 bits per heavy atom. The minimum atomic E-state index is -0.240. The number of benzene rings is 2. The summed E-state index contributed by atoms with van der Waals surface area (Å²) in [5, 5.41) is 5.32. The van der Waals surface area contributed by atoms with Crippen molar-refractivity contribution in [1.82, 2.24) is 4.98 Å². The van der Waals surface area contributed by atoms with Gasteiger partial charge < -0.3 is 9.47 Å². The van der Waals surface area contributed by atoms with Crippen LogP contribution < -0.4 is 14.8 Å². The lowest BCUT2D eigenvalue weighted by atomic mass is 10.1. The lowest BCUT2D eigenvalue weighted by Gasteiger charge is -2.10. The first kappa shape index (κ1) is 17.9. The predicted octanol–water partition coefficient (Wildman–Crippen LogP) is 4.78. The van der Waals surface area contributed by atoms with Gasteiger partial charge in [-0.2, -0.15) is 0 Å². The van der Waals surface area contributed by atoms with Crippen LogP contribution in [0.2, 0.25) is 0 Å². The smallest absolute Gasteiger partial charge is 0.257 e. The first-order valence-corrected chi connectivity index (χ1v) is 9.13. The van der Waals surface area contributed by atoms with Gasteiger partial charge in [-0.05, 0) is 32.0 Å². The minimum absolute atomic E-state index is 0.240. The van der Waals surface area contributed by atoms with Crippen molar-refractivity contribution in [3.8, 4) is 22.8 Å². The lowest BCUT2D eigenvalue weighted by Crippen LogP contribution is -2.12. The Morgan fingerprint density at radius 2 is 1.92 bits per heavy atom. The number of nitrogens with zero attached hydrogens (tertiary/aromatic N) is 1. The molecule has 3 rings (SSSR count). The van der Waals surface area contributed by atoms with Gasteiger partial charge in [-0.25, -0.2) is 4.98 Å². The molecule has 0 fully saturated rings. The fraction of sp³-hybridized carbons (Fsp3) is 0.200. The molecule has 0 unspecified atom stereocenters. The molecule has 1 N–H and O–H groups in total. The van der Waals surface area contributed by atoms with E-state index in [4.69, 9.17) is 9.47 Å². The summed E-state index contributed by atoms with van der Waals surface area (Å²) in [6, 6.07) is 13.2. The second-order valence-electron chi connectivity index (χ2n) is 5.66. The summed E-state index contributed by atoms with van der Waals surface area (Å²) in [5.41, 5.74) is 3.55. The number of methoxy groups -OCH3 is 1. The largest absolute Gasteiger partial charge is 0.493 e. The molecule has 0 aliphatic heterocycles. The first-order chi connectivity index (χ1) is 12.6. The third-order valence-electron chi connectivity index (χ3n) is 3.80. The molecule has 0 aliphatic rings. The van der Waals surface area contributed by atoms with Gasteiger partial charge in [-0.3, -0.25) is 10.1 Å². The average molecular weight is 368 g/mol. The molecular formula is C20H20N2O3S. The van der Waals surface area contributed by atoms with Gasteiger partial charge in [0, 0.05) is 16.5 Å². The van der Waals surface area contributed by atoms with Crippen LogP contribution in [0.5, 0.6) is 11.5 Å². The molecule has 0 aliphatic carbocycles. The number of thiazole rings is 1. The summed E-state index contributed by atoms with van der Waals surface area (Å²) in [7, 11) is 1.55. The van der Waals surface area contributed by atoms with Gasteiger partial charge in [0.2, 0.25) is 0 Å². The van der Waals surface area contributed by atoms with Crippen molar-refractivity contribution in [3.63, 3.8) is 0 Å². The van der Waals surface area contributed by atoms with Crippen LogP contribution in [0.4, 0.5) is 5.13 Å². The Labute approximate surface area is 156 Å². The number of carbonyl (C=O) groups is 1. The Morgan fingerprint density at radius 1 is 1.15 bits per heavy atom. The minimum Gasteiger partial charge on any atom is -0.493 e. The number of nitrogens with one attached hydrogen (secondary N) is 1. The number of aryl methyl sites for hydroxylation is 1. The van der Waals surface area contributed by atoms with Gasteiger partial charge in [0.05, 0.1) is 19.4 Å². The van der Waals surface area contributed by atoms with E-state index >= 15 is 0 Å². The molecule has 0 saturated carbocycles. The molecule has 0 spiro atoms. The number of anilines is 1. The molecule has 1 amide bonds. The summed E-state index contributed by atoms with van der Waals surface area (Å²) in [6.45, 7) is 4.47. The fourth-order valence-electron chi connectivity index (χ4n) is 2.44. The summed E-state index contributed by atoms with van der Waals surface area (Å²) < 4.78 is 10.8. The van der Waals surface area contributed by atoms with E-state index < -0.39 is 0 Å². The van der Waals surface area contributed by atoms with Crippen LogP contribution in [-0.4, -0.2) is 24.6 Å². The summed E-state index contributed by atoms with van der Waals surface area (Å²) >= 11 is 1.39. The van der Waals surface area contributed by atoms with Crippen LogP contribution in [0.15, 0.2) is 47.8 Å². The van der Waals surface area contributed by atoms with Crippen molar-refractivity contribution in [2.24, 2.45) is 0 Å². The Bertz CT molecular complexity index is 904. The third-order valence-corrected chi connectivity index (χ3v) is 4.56. The van der Waals surface area contributed by atoms with E-state index in [1.807, 2.05) is 43.5 Å². The van der Waals surface area contributed by atoms with E-state index in [9.17, 15) is 4.79 Å². The number of carbonyl (C=O) groups excluding carboxylic acids is 1. The van der Waals surface area contributed by atoms with Crippen LogP contribution >= 0.6 is 11.3 Å². The van der Waals surface area contributed by atoms with Gasteiger partial charge in [0.25, 0.3) is 5.91 Å². The van der Waals surface area contributed by atoms with E-state index in [0.717, 1.165) is 11.3 Å². The van der Waals surface area contributed by atoms with Gasteiger partial charge >= 0.3 is 0 Å². The molecule has 0 bridgehead atoms. The van der Waals surface area contributed by atoms with Crippen molar-refractivity contribution < 1.29 is 14.3 Å². The third kappa shape index (κ3) is 4.03. The maximum Gasteiger partial charge on any atom is 0.257 e. The van der Waals surface area contributed by atoms with Crippen molar-refractivity contribution in [2.45, 2.75) is 13.8 Å². The summed E-state index contributed by atoms with van der Waals surface area (Å²) in [4.78, 5) is 17.0. The van der Waals surface area contributed by atoms with Crippen LogP contribution in [0.3, 0.4) is 0 Å². The molecule has 134 valence electrons. The predicted molar refractivity (Wildman–Crippen MR) is 104 cm³/mol. The summed E-state index contributed by atoms with van der Waals surface area (Å²) in [6.07, 6.45) is 0. The van der Waals surface area contributed by atoms with Crippen LogP contribution in [-0.2, 0) is 0 Å². The number of amides is 1. The number of aromatic nitrogens is 1. The fourth-order valence-corrected chi connectivity index (χ4v) is 3.16. The highest BCUT2D eigenvalue weighted by Gasteiger charge is 2.13. The number of hydrogen-bond donors (Lipinski definition) is 1. The van der Waals surface area contributed by atoms with Crippen molar-refractivity contribution >= 4 is 22.4 Å². The average Bonchev–Trinajstić information content (AvgIpc) is 3.11. The molecule has 1 aromatic heterocycles. The molecule has 1 heterocycles. The van der Waals surface area contributed by atoms with Crippen molar-refractivity contribution in [1.29, 1.82) is 0 Å². The van der Waals surface area contributed by atoms with E-state index in [2.05, 4.69) is 10.3 Å². The van der Waals surface area contributed by atoms with E-state index in [1.54, 1.807) is 25.3 Å². The number of ether oxygens (including phenoxy) is 2. The van der Waals surface area contributed by atoms with Gasteiger partial charge in [0.1, 0.15) is 0 Å². The highest BCUT2D eigenvalue weighted by Crippen LogP contribution is 2.29. The molecule has 0 atom stereocenters. The zero-order valence-electron chi connectivity index (χ0n) is 14.9. The number of hydrogen-bond acceptors (Lipinski definition) is 5. The maximum absolute atomic E-state index is 12.5. The van der Waals surface area contributed by atoms with Crippen molar-refractivity contribution in [3.05, 3.63) is 59.0 Å². The van der Waals surface area contributed by atoms with Gasteiger partial charge in [0.15, 0.2) is 16.6 Å². The van der Waals surface area contributed by atoms with E-state index in [1.165, 1.54) is 16.9 Å². The molecule has 0 saturated heterocycles. The highest BCUT2D eigenvalue weighted by atomic mass is 32.1. The zero-order valence-corrected chi connectivity index (χ0v) is 15.7. The highest BCUT2D eigenvalue weighted by molar-refractivity contribution is 7.14. The Kier molecular flexibility index (Phi) is 5.53. The zero-order chi connectivity index (χ0) is 18.5. The quantitative estimate of drug-likeness (QED) is 0.680. The standard InChI is InChI=1S/C20H20N2O3S/c1-4-25-17-10-9-15(11-18(17)24-3)19(23)22-20-21-16(12-26-20)14-7-5-13(2)6-8-14/h5-12H,4H2,1-3H3,(H,21,22,23). The normalized spacial score (nSPS) is 10.4. The molecule has 0 radical (unpaired) electrons. The molecule has 26 heavy (non-hydrogen) atoms. The van der Waals surface area contributed by atoms with Gasteiger partial charge in [-0.15, -0.1) is 11.3 Å². The SMILES string of the molecule is CCOc1ccc(C(=O)Nc2nc(-c3ccc(C)cc3)cs2)cc1OC. The monoisotopic (exact) mass is 368 g/mol. The molecule has 5 nitrogen and oxygen atoms in total. The summed E-state index contributed by atoms with van der Waals surface area (Å²) in [5.74, 6) is 0.901. The second kappa shape index (κ2) is 8.01. The topological polar surface area (TPSA) is 60.5 Å². The van der Waals surface area contributed by atoms with Crippen LogP contribution in [0.1, 0.15) is 22.8 Å². The lowest BCUT2D eigenvalue weighted by molar-refractivity contribution is 0.102. The van der Waals surface area contributed by atoms with Crippen molar-refractivity contribution in [2.75, 3.05) is 19.0 Å². The molecule has 6 heteroatoms. The molecular weight excluding hydrogens is 348 g/mol. The van der Waals surface area contributed by atoms with Crippen LogP contribution in [0.25, 0.3) is 11.3 Å². The molecule has 2 aromatic carbocycles. The van der Waals surface area contributed by atoms with E-state index in [-0.39, 0.29) is 5.91 Å². The van der Waals surface area contributed by atoms with Crippen LogP contribution in [0, 0.1) is 6.92 Å².